The Labute approximate surface area is 163 Å². The number of rotatable bonds is 6. The first-order valence-electron chi connectivity index (χ1n) is 9.47. The SMILES string of the molecule is CN=C(NCc1ccccc1S(=O)(=O)N(C)C)NC1CCN(C(C)C)CC1. The zero-order valence-electron chi connectivity index (χ0n) is 17.1. The summed E-state index contributed by atoms with van der Waals surface area (Å²) in [5.41, 5.74) is 0.726. The predicted octanol–water partition coefficient (Wildman–Crippen LogP) is 1.47. The van der Waals surface area contributed by atoms with Crippen molar-refractivity contribution in [2.75, 3.05) is 34.2 Å². The van der Waals surface area contributed by atoms with Gasteiger partial charge in [-0.15, -0.1) is 0 Å². The standard InChI is InChI=1S/C19H33N5O2S/c1-15(2)24-12-10-17(11-13-24)22-19(20-3)21-14-16-8-6-7-9-18(16)27(25,26)23(4)5/h6-9,15,17H,10-14H2,1-5H3,(H2,20,21,22). The second-order valence-electron chi connectivity index (χ2n) is 7.37. The normalized spacial score (nSPS) is 17.5. The largest absolute Gasteiger partial charge is 0.354 e. The van der Waals surface area contributed by atoms with Crippen LogP contribution in [0.25, 0.3) is 0 Å². The summed E-state index contributed by atoms with van der Waals surface area (Å²) in [6.07, 6.45) is 2.15. The fourth-order valence-corrected chi connectivity index (χ4v) is 4.34. The van der Waals surface area contributed by atoms with E-state index in [0.717, 1.165) is 31.5 Å². The molecule has 0 atom stereocenters. The Balaban J connectivity index is 1.98. The minimum atomic E-state index is -3.48. The predicted molar refractivity (Wildman–Crippen MR) is 110 cm³/mol. The van der Waals surface area contributed by atoms with Gasteiger partial charge in [-0.3, -0.25) is 4.99 Å². The molecule has 1 fully saturated rings. The lowest BCUT2D eigenvalue weighted by molar-refractivity contribution is 0.167. The molecule has 0 bridgehead atoms. The number of benzene rings is 1. The van der Waals surface area contributed by atoms with E-state index in [-0.39, 0.29) is 0 Å². The number of sulfonamides is 1. The van der Waals surface area contributed by atoms with E-state index >= 15 is 0 Å². The van der Waals surface area contributed by atoms with Crippen molar-refractivity contribution in [3.8, 4) is 0 Å². The number of hydrogen-bond donors (Lipinski definition) is 2. The number of piperidine rings is 1. The van der Waals surface area contributed by atoms with Gasteiger partial charge < -0.3 is 15.5 Å². The molecule has 2 rings (SSSR count). The van der Waals surface area contributed by atoms with Crippen LogP contribution in [0.15, 0.2) is 34.2 Å². The fourth-order valence-electron chi connectivity index (χ4n) is 3.23. The highest BCUT2D eigenvalue weighted by Crippen LogP contribution is 2.18. The lowest BCUT2D eigenvalue weighted by Crippen LogP contribution is -2.49. The third-order valence-corrected chi connectivity index (χ3v) is 6.92. The van der Waals surface area contributed by atoms with E-state index in [1.807, 2.05) is 12.1 Å². The first kappa shape index (κ1) is 21.7. The van der Waals surface area contributed by atoms with Crippen LogP contribution in [0, 0.1) is 0 Å². The summed E-state index contributed by atoms with van der Waals surface area (Å²) in [5, 5.41) is 6.73. The van der Waals surface area contributed by atoms with E-state index in [0.29, 0.717) is 29.5 Å². The van der Waals surface area contributed by atoms with Gasteiger partial charge in [-0.25, -0.2) is 12.7 Å². The van der Waals surface area contributed by atoms with Gasteiger partial charge in [0.2, 0.25) is 10.0 Å². The quantitative estimate of drug-likeness (QED) is 0.564. The third kappa shape index (κ3) is 5.67. The van der Waals surface area contributed by atoms with Crippen LogP contribution in [-0.4, -0.2) is 69.9 Å². The van der Waals surface area contributed by atoms with Crippen LogP contribution in [0.4, 0.5) is 0 Å². The van der Waals surface area contributed by atoms with Gasteiger partial charge in [-0.2, -0.15) is 0 Å². The minimum absolute atomic E-state index is 0.322. The highest BCUT2D eigenvalue weighted by molar-refractivity contribution is 7.89. The van der Waals surface area contributed by atoms with Gasteiger partial charge in [0, 0.05) is 52.9 Å². The number of hydrogen-bond acceptors (Lipinski definition) is 4. The van der Waals surface area contributed by atoms with Crippen LogP contribution in [0.2, 0.25) is 0 Å². The first-order chi connectivity index (χ1) is 12.8. The zero-order valence-corrected chi connectivity index (χ0v) is 17.9. The summed E-state index contributed by atoms with van der Waals surface area (Å²) in [7, 11) is 1.35. The molecule has 0 radical (unpaired) electrons. The Morgan fingerprint density at radius 2 is 1.89 bits per heavy atom. The van der Waals surface area contributed by atoms with Crippen LogP contribution in [0.3, 0.4) is 0 Å². The molecule has 0 spiro atoms. The van der Waals surface area contributed by atoms with Crippen LogP contribution in [0.1, 0.15) is 32.3 Å². The van der Waals surface area contributed by atoms with Gasteiger partial charge in [0.05, 0.1) is 4.90 Å². The highest BCUT2D eigenvalue weighted by Gasteiger charge is 2.23. The molecule has 27 heavy (non-hydrogen) atoms. The fraction of sp³-hybridized carbons (Fsp3) is 0.632. The molecule has 1 aromatic rings. The maximum atomic E-state index is 12.5. The molecule has 0 saturated carbocycles. The molecule has 1 aromatic carbocycles. The summed E-state index contributed by atoms with van der Waals surface area (Å²) >= 11 is 0. The summed E-state index contributed by atoms with van der Waals surface area (Å²) in [5.74, 6) is 0.704. The maximum Gasteiger partial charge on any atom is 0.242 e. The zero-order chi connectivity index (χ0) is 20.0. The summed E-state index contributed by atoms with van der Waals surface area (Å²) in [6.45, 7) is 7.02. The van der Waals surface area contributed by atoms with Crippen LogP contribution in [-0.2, 0) is 16.6 Å². The van der Waals surface area contributed by atoms with Crippen LogP contribution in [0.5, 0.6) is 0 Å². The second-order valence-corrected chi connectivity index (χ2v) is 9.49. The molecule has 8 heteroatoms. The van der Waals surface area contributed by atoms with Crippen molar-refractivity contribution >= 4 is 16.0 Å². The van der Waals surface area contributed by atoms with Crippen molar-refractivity contribution in [1.82, 2.24) is 19.8 Å². The molecule has 0 aliphatic carbocycles. The van der Waals surface area contributed by atoms with Gasteiger partial charge in [-0.05, 0) is 38.3 Å². The smallest absolute Gasteiger partial charge is 0.242 e. The van der Waals surface area contributed by atoms with E-state index in [1.165, 1.54) is 4.31 Å². The maximum absolute atomic E-state index is 12.5. The van der Waals surface area contributed by atoms with E-state index in [2.05, 4.69) is 34.4 Å². The van der Waals surface area contributed by atoms with E-state index in [4.69, 9.17) is 0 Å². The molecular formula is C19H33N5O2S. The van der Waals surface area contributed by atoms with Crippen molar-refractivity contribution in [2.45, 2.75) is 50.2 Å². The molecule has 1 heterocycles. The Kier molecular flexibility index (Phi) is 7.64. The molecule has 1 aliphatic heterocycles. The Hall–Kier alpha value is -1.64. The minimum Gasteiger partial charge on any atom is -0.354 e. The number of likely N-dealkylation sites (tertiary alicyclic amines) is 1. The molecule has 1 aliphatic rings. The highest BCUT2D eigenvalue weighted by atomic mass is 32.2. The van der Waals surface area contributed by atoms with E-state index in [1.54, 1.807) is 33.3 Å². The number of nitrogens with zero attached hydrogens (tertiary/aromatic N) is 3. The van der Waals surface area contributed by atoms with Crippen molar-refractivity contribution in [3.63, 3.8) is 0 Å². The Bertz CT molecular complexity index is 738. The van der Waals surface area contributed by atoms with Crippen molar-refractivity contribution in [3.05, 3.63) is 29.8 Å². The lowest BCUT2D eigenvalue weighted by atomic mass is 10.0. The molecule has 7 nitrogen and oxygen atoms in total. The van der Waals surface area contributed by atoms with E-state index < -0.39 is 10.0 Å². The molecule has 1 saturated heterocycles. The average molecular weight is 396 g/mol. The van der Waals surface area contributed by atoms with Gasteiger partial charge in [0.25, 0.3) is 0 Å². The van der Waals surface area contributed by atoms with Crippen LogP contribution < -0.4 is 10.6 Å². The molecule has 0 amide bonds. The monoisotopic (exact) mass is 395 g/mol. The third-order valence-electron chi connectivity index (χ3n) is 5.00. The second kappa shape index (κ2) is 9.52. The van der Waals surface area contributed by atoms with Gasteiger partial charge in [-0.1, -0.05) is 18.2 Å². The summed E-state index contributed by atoms with van der Waals surface area (Å²) in [6, 6.07) is 8.03. The Morgan fingerprint density at radius 1 is 1.26 bits per heavy atom. The number of aliphatic imine (C=N–C) groups is 1. The number of guanidine groups is 1. The number of nitrogens with one attached hydrogen (secondary N) is 2. The van der Waals surface area contributed by atoms with Gasteiger partial charge in [0.15, 0.2) is 5.96 Å². The summed E-state index contributed by atoms with van der Waals surface area (Å²) < 4.78 is 26.3. The van der Waals surface area contributed by atoms with Gasteiger partial charge in [0.1, 0.15) is 0 Å². The molecule has 2 N–H and O–H groups in total. The first-order valence-corrected chi connectivity index (χ1v) is 10.9. The van der Waals surface area contributed by atoms with Crippen LogP contribution >= 0.6 is 0 Å². The van der Waals surface area contributed by atoms with Crippen molar-refractivity contribution in [1.29, 1.82) is 0 Å². The lowest BCUT2D eigenvalue weighted by Gasteiger charge is -2.35. The van der Waals surface area contributed by atoms with E-state index in [9.17, 15) is 8.42 Å². The summed E-state index contributed by atoms with van der Waals surface area (Å²) in [4.78, 5) is 7.10. The molecule has 152 valence electrons. The van der Waals surface area contributed by atoms with Gasteiger partial charge >= 0.3 is 0 Å². The van der Waals surface area contributed by atoms with Crippen molar-refractivity contribution in [2.24, 2.45) is 4.99 Å². The van der Waals surface area contributed by atoms with Crippen molar-refractivity contribution < 1.29 is 8.42 Å². The molecular weight excluding hydrogens is 362 g/mol. The molecule has 0 unspecified atom stereocenters. The Morgan fingerprint density at radius 3 is 2.44 bits per heavy atom. The average Bonchev–Trinajstić information content (AvgIpc) is 2.65. The molecule has 0 aromatic heterocycles. The topological polar surface area (TPSA) is 77.0 Å².